The summed E-state index contributed by atoms with van der Waals surface area (Å²) in [5.41, 5.74) is 5.63. The highest BCUT2D eigenvalue weighted by molar-refractivity contribution is 5.04. The van der Waals surface area contributed by atoms with E-state index >= 15 is 0 Å². The Hall–Kier alpha value is -1.36. The molecule has 1 heterocycles. The normalized spacial score (nSPS) is 22.4. The molecule has 0 bridgehead atoms. The topological polar surface area (TPSA) is 70.1 Å². The number of hydrogen-bond donors (Lipinski definition) is 1. The lowest BCUT2D eigenvalue weighted by Gasteiger charge is -2.18. The summed E-state index contributed by atoms with van der Waals surface area (Å²) < 4.78 is 7.34. The Kier molecular flexibility index (Phi) is 5.17. The van der Waals surface area contributed by atoms with Crippen LogP contribution in [0.15, 0.2) is 17.2 Å². The molecule has 1 aliphatic carbocycles. The van der Waals surface area contributed by atoms with Crippen LogP contribution in [-0.2, 0) is 6.54 Å². The Morgan fingerprint density at radius 1 is 1.45 bits per heavy atom. The van der Waals surface area contributed by atoms with Crippen LogP contribution < -0.4 is 16.0 Å². The monoisotopic (exact) mass is 279 g/mol. The summed E-state index contributed by atoms with van der Waals surface area (Å²) in [6.45, 7) is 6.10. The second-order valence-corrected chi connectivity index (χ2v) is 6.08. The van der Waals surface area contributed by atoms with Crippen LogP contribution >= 0.6 is 0 Å². The van der Waals surface area contributed by atoms with E-state index in [1.165, 1.54) is 12.8 Å². The molecule has 20 heavy (non-hydrogen) atoms. The first-order valence-electron chi connectivity index (χ1n) is 7.50. The first-order chi connectivity index (χ1) is 9.61. The minimum Gasteiger partial charge on any atom is -0.473 e. The van der Waals surface area contributed by atoms with Crippen LogP contribution in [0.3, 0.4) is 0 Å². The zero-order chi connectivity index (χ0) is 14.5. The molecule has 0 spiro atoms. The van der Waals surface area contributed by atoms with Crippen molar-refractivity contribution in [3.8, 4) is 5.88 Å². The first-order valence-corrected chi connectivity index (χ1v) is 7.50. The van der Waals surface area contributed by atoms with E-state index in [4.69, 9.17) is 10.5 Å². The summed E-state index contributed by atoms with van der Waals surface area (Å²) in [7, 11) is 0. The van der Waals surface area contributed by atoms with Gasteiger partial charge in [0, 0.05) is 18.9 Å². The zero-order valence-electron chi connectivity index (χ0n) is 12.4. The van der Waals surface area contributed by atoms with Crippen LogP contribution in [0.4, 0.5) is 0 Å². The van der Waals surface area contributed by atoms with E-state index in [1.54, 1.807) is 17.0 Å². The molecule has 2 rings (SSSR count). The molecule has 0 saturated heterocycles. The van der Waals surface area contributed by atoms with E-state index in [2.05, 4.69) is 18.8 Å². The Morgan fingerprint density at radius 2 is 2.20 bits per heavy atom. The van der Waals surface area contributed by atoms with E-state index in [0.717, 1.165) is 6.42 Å². The van der Waals surface area contributed by atoms with Gasteiger partial charge in [0.15, 0.2) is 0 Å². The fraction of sp³-hybridized carbons (Fsp3) is 0.733. The summed E-state index contributed by atoms with van der Waals surface area (Å²) in [6.07, 6.45) is 6.86. The smallest absolute Gasteiger partial charge is 0.313 e. The summed E-state index contributed by atoms with van der Waals surface area (Å²) in [6, 6.07) is 0. The largest absolute Gasteiger partial charge is 0.473 e. The van der Waals surface area contributed by atoms with Gasteiger partial charge in [0.1, 0.15) is 0 Å². The molecule has 5 nitrogen and oxygen atoms in total. The second kappa shape index (κ2) is 6.88. The lowest BCUT2D eigenvalue weighted by atomic mass is 9.97. The first kappa shape index (κ1) is 15.0. The molecule has 0 amide bonds. The van der Waals surface area contributed by atoms with E-state index in [0.29, 0.717) is 37.5 Å². The van der Waals surface area contributed by atoms with Gasteiger partial charge in [-0.15, -0.1) is 0 Å². The number of aromatic nitrogens is 2. The van der Waals surface area contributed by atoms with Crippen LogP contribution in [0.5, 0.6) is 5.88 Å². The summed E-state index contributed by atoms with van der Waals surface area (Å²) in [5.74, 6) is 1.62. The van der Waals surface area contributed by atoms with Crippen molar-refractivity contribution >= 4 is 0 Å². The molecule has 2 atom stereocenters. The summed E-state index contributed by atoms with van der Waals surface area (Å²) in [5, 5.41) is 0. The SMILES string of the molecule is CC(C)Cn1ccnc(OCC2CCCC2CN)c1=O. The van der Waals surface area contributed by atoms with Gasteiger partial charge in [-0.1, -0.05) is 20.3 Å². The van der Waals surface area contributed by atoms with E-state index in [9.17, 15) is 4.79 Å². The van der Waals surface area contributed by atoms with Crippen LogP contribution in [0, 0.1) is 17.8 Å². The maximum atomic E-state index is 12.2. The highest BCUT2D eigenvalue weighted by Crippen LogP contribution is 2.30. The van der Waals surface area contributed by atoms with Gasteiger partial charge in [-0.3, -0.25) is 4.79 Å². The van der Waals surface area contributed by atoms with Gasteiger partial charge in [-0.25, -0.2) is 4.98 Å². The summed E-state index contributed by atoms with van der Waals surface area (Å²) >= 11 is 0. The molecule has 112 valence electrons. The van der Waals surface area contributed by atoms with Crippen LogP contribution in [0.25, 0.3) is 0 Å². The fourth-order valence-electron chi connectivity index (χ4n) is 2.89. The third kappa shape index (κ3) is 3.60. The van der Waals surface area contributed by atoms with Crippen molar-refractivity contribution in [1.82, 2.24) is 9.55 Å². The molecule has 0 aliphatic heterocycles. The molecule has 0 radical (unpaired) electrons. The number of hydrogen-bond acceptors (Lipinski definition) is 4. The van der Waals surface area contributed by atoms with Crippen molar-refractivity contribution in [2.45, 2.75) is 39.7 Å². The number of rotatable bonds is 6. The van der Waals surface area contributed by atoms with E-state index in [1.807, 2.05) is 0 Å². The molecular weight excluding hydrogens is 254 g/mol. The Labute approximate surface area is 120 Å². The van der Waals surface area contributed by atoms with Gasteiger partial charge < -0.3 is 15.0 Å². The van der Waals surface area contributed by atoms with E-state index < -0.39 is 0 Å². The van der Waals surface area contributed by atoms with Crippen molar-refractivity contribution in [3.05, 3.63) is 22.7 Å². The van der Waals surface area contributed by atoms with Crippen LogP contribution in [0.1, 0.15) is 33.1 Å². The summed E-state index contributed by atoms with van der Waals surface area (Å²) in [4.78, 5) is 16.3. The van der Waals surface area contributed by atoms with Gasteiger partial charge >= 0.3 is 5.56 Å². The van der Waals surface area contributed by atoms with Crippen LogP contribution in [0.2, 0.25) is 0 Å². The number of nitrogens with two attached hydrogens (primary N) is 1. The molecule has 5 heteroatoms. The van der Waals surface area contributed by atoms with Gasteiger partial charge in [-0.2, -0.15) is 0 Å². The highest BCUT2D eigenvalue weighted by atomic mass is 16.5. The lowest BCUT2D eigenvalue weighted by Crippen LogP contribution is -2.28. The number of ether oxygens (including phenoxy) is 1. The molecule has 0 aromatic carbocycles. The van der Waals surface area contributed by atoms with Gasteiger partial charge in [-0.05, 0) is 37.1 Å². The van der Waals surface area contributed by atoms with Gasteiger partial charge in [0.25, 0.3) is 5.88 Å². The molecule has 1 saturated carbocycles. The van der Waals surface area contributed by atoms with Crippen molar-refractivity contribution in [3.63, 3.8) is 0 Å². The molecule has 1 aromatic heterocycles. The molecule has 2 unspecified atom stereocenters. The standard InChI is InChI=1S/C15H25N3O2/c1-11(2)9-18-7-6-17-14(15(18)19)20-10-13-5-3-4-12(13)8-16/h6-7,11-13H,3-5,8-10,16H2,1-2H3. The fourth-order valence-corrected chi connectivity index (χ4v) is 2.89. The second-order valence-electron chi connectivity index (χ2n) is 6.08. The molecule has 1 aromatic rings. The van der Waals surface area contributed by atoms with E-state index in [-0.39, 0.29) is 11.4 Å². The molecule has 2 N–H and O–H groups in total. The van der Waals surface area contributed by atoms with Crippen LogP contribution in [-0.4, -0.2) is 22.7 Å². The zero-order valence-corrected chi connectivity index (χ0v) is 12.4. The maximum absolute atomic E-state index is 12.2. The minimum atomic E-state index is -0.136. The highest BCUT2D eigenvalue weighted by Gasteiger charge is 2.27. The third-order valence-electron chi connectivity index (χ3n) is 4.00. The van der Waals surface area contributed by atoms with Gasteiger partial charge in [0.2, 0.25) is 0 Å². The average Bonchev–Trinajstić information content (AvgIpc) is 2.86. The molecular formula is C15H25N3O2. The average molecular weight is 279 g/mol. The lowest BCUT2D eigenvalue weighted by molar-refractivity contribution is 0.206. The predicted octanol–water partition coefficient (Wildman–Crippen LogP) is 1.65. The predicted molar refractivity (Wildman–Crippen MR) is 78.7 cm³/mol. The number of nitrogens with zero attached hydrogens (tertiary/aromatic N) is 2. The quantitative estimate of drug-likeness (QED) is 0.859. The molecule has 1 fully saturated rings. The van der Waals surface area contributed by atoms with Crippen molar-refractivity contribution in [2.24, 2.45) is 23.5 Å². The van der Waals surface area contributed by atoms with Crippen molar-refractivity contribution in [1.29, 1.82) is 0 Å². The minimum absolute atomic E-state index is 0.136. The van der Waals surface area contributed by atoms with Crippen molar-refractivity contribution < 1.29 is 4.74 Å². The Morgan fingerprint density at radius 3 is 2.90 bits per heavy atom. The third-order valence-corrected chi connectivity index (χ3v) is 4.00. The van der Waals surface area contributed by atoms with Gasteiger partial charge in [0.05, 0.1) is 6.61 Å². The Balaban J connectivity index is 2.01. The van der Waals surface area contributed by atoms with Crippen molar-refractivity contribution in [2.75, 3.05) is 13.2 Å². The Bertz CT molecular complexity index is 484. The maximum Gasteiger partial charge on any atom is 0.313 e. The molecule has 1 aliphatic rings.